The number of nitrogens with zero attached hydrogens (tertiary/aromatic N) is 1. The summed E-state index contributed by atoms with van der Waals surface area (Å²) in [4.78, 5) is 25.9. The maximum absolute atomic E-state index is 12.2. The van der Waals surface area contributed by atoms with E-state index < -0.39 is 0 Å². The molecule has 2 aromatic rings. The number of anilines is 1. The van der Waals surface area contributed by atoms with Crippen molar-refractivity contribution in [2.75, 3.05) is 11.9 Å². The lowest BCUT2D eigenvalue weighted by Gasteiger charge is -2.15. The predicted octanol–water partition coefficient (Wildman–Crippen LogP) is 3.06. The quantitative estimate of drug-likeness (QED) is 0.921. The summed E-state index contributed by atoms with van der Waals surface area (Å²) in [6.07, 6.45) is 1.08. The van der Waals surface area contributed by atoms with Crippen LogP contribution >= 0.6 is 0 Å². The van der Waals surface area contributed by atoms with E-state index in [9.17, 15) is 9.59 Å². The first-order valence-corrected chi connectivity index (χ1v) is 7.46. The highest BCUT2D eigenvalue weighted by Crippen LogP contribution is 2.22. The molecule has 0 radical (unpaired) electrons. The molecular weight excluding hydrogens is 276 g/mol. The third-order valence-electron chi connectivity index (χ3n) is 3.79. The van der Waals surface area contributed by atoms with Gasteiger partial charge in [-0.1, -0.05) is 36.4 Å². The minimum absolute atomic E-state index is 0.0182. The largest absolute Gasteiger partial charge is 0.334 e. The van der Waals surface area contributed by atoms with Gasteiger partial charge in [-0.2, -0.15) is 0 Å². The molecule has 22 heavy (non-hydrogen) atoms. The molecule has 3 rings (SSSR count). The molecule has 0 bridgehead atoms. The third-order valence-corrected chi connectivity index (χ3v) is 3.79. The zero-order valence-corrected chi connectivity index (χ0v) is 12.3. The molecule has 0 aliphatic carbocycles. The first kappa shape index (κ1) is 14.3. The van der Waals surface area contributed by atoms with Crippen LogP contribution in [0.4, 0.5) is 5.69 Å². The van der Waals surface area contributed by atoms with Crippen molar-refractivity contribution < 1.29 is 9.59 Å². The Morgan fingerprint density at radius 1 is 1.05 bits per heavy atom. The average Bonchev–Trinajstić information content (AvgIpc) is 2.85. The van der Waals surface area contributed by atoms with E-state index in [1.165, 1.54) is 0 Å². The SMILES string of the molecule is O=C(CCCN1Cc2ccccc2C1=O)Nc1ccccc1. The van der Waals surface area contributed by atoms with E-state index in [2.05, 4.69) is 5.32 Å². The van der Waals surface area contributed by atoms with Crippen molar-refractivity contribution in [3.8, 4) is 0 Å². The Labute approximate surface area is 129 Å². The van der Waals surface area contributed by atoms with Crippen LogP contribution < -0.4 is 5.32 Å². The van der Waals surface area contributed by atoms with Gasteiger partial charge in [-0.05, 0) is 30.2 Å². The van der Waals surface area contributed by atoms with Gasteiger partial charge < -0.3 is 10.2 Å². The number of hydrogen-bond donors (Lipinski definition) is 1. The summed E-state index contributed by atoms with van der Waals surface area (Å²) in [5.41, 5.74) is 2.66. The first-order chi connectivity index (χ1) is 10.7. The Balaban J connectivity index is 1.46. The van der Waals surface area contributed by atoms with Crippen LogP contribution in [0.25, 0.3) is 0 Å². The van der Waals surface area contributed by atoms with E-state index >= 15 is 0 Å². The number of fused-ring (bicyclic) bond motifs is 1. The number of rotatable bonds is 5. The number of nitrogens with one attached hydrogen (secondary N) is 1. The van der Waals surface area contributed by atoms with Crippen LogP contribution in [0, 0.1) is 0 Å². The van der Waals surface area contributed by atoms with Crippen LogP contribution in [0.1, 0.15) is 28.8 Å². The standard InChI is InChI=1S/C18H18N2O2/c21-17(19-15-8-2-1-3-9-15)11-6-12-20-13-14-7-4-5-10-16(14)18(20)22/h1-5,7-10H,6,11-13H2,(H,19,21). The molecule has 1 aliphatic heterocycles. The van der Waals surface area contributed by atoms with E-state index in [0.717, 1.165) is 16.8 Å². The highest BCUT2D eigenvalue weighted by atomic mass is 16.2. The van der Waals surface area contributed by atoms with Crippen molar-refractivity contribution in [3.63, 3.8) is 0 Å². The summed E-state index contributed by atoms with van der Waals surface area (Å²) in [5.74, 6) is 0.0504. The fraction of sp³-hybridized carbons (Fsp3) is 0.222. The van der Waals surface area contributed by atoms with Crippen LogP contribution in [0.3, 0.4) is 0 Å². The second-order valence-corrected chi connectivity index (χ2v) is 5.40. The van der Waals surface area contributed by atoms with Crippen molar-refractivity contribution in [1.82, 2.24) is 4.90 Å². The van der Waals surface area contributed by atoms with Crippen molar-refractivity contribution in [1.29, 1.82) is 0 Å². The monoisotopic (exact) mass is 294 g/mol. The highest BCUT2D eigenvalue weighted by molar-refractivity contribution is 5.98. The summed E-state index contributed by atoms with van der Waals surface area (Å²) < 4.78 is 0. The highest BCUT2D eigenvalue weighted by Gasteiger charge is 2.26. The molecule has 0 unspecified atom stereocenters. The Morgan fingerprint density at radius 3 is 2.55 bits per heavy atom. The summed E-state index contributed by atoms with van der Waals surface area (Å²) in [5, 5.41) is 2.85. The van der Waals surface area contributed by atoms with Gasteiger partial charge in [0.15, 0.2) is 0 Å². The molecule has 0 saturated carbocycles. The van der Waals surface area contributed by atoms with E-state index in [1.54, 1.807) is 4.90 Å². The Morgan fingerprint density at radius 2 is 1.77 bits per heavy atom. The normalized spacial score (nSPS) is 13.1. The molecule has 1 heterocycles. The fourth-order valence-corrected chi connectivity index (χ4v) is 2.67. The van der Waals surface area contributed by atoms with Gasteiger partial charge >= 0.3 is 0 Å². The van der Waals surface area contributed by atoms with Gasteiger partial charge in [-0.15, -0.1) is 0 Å². The number of carbonyl (C=O) groups excluding carboxylic acids is 2. The van der Waals surface area contributed by atoms with Gasteiger partial charge in [0.25, 0.3) is 5.91 Å². The summed E-state index contributed by atoms with van der Waals surface area (Å²) in [6, 6.07) is 17.1. The molecule has 0 spiro atoms. The Bertz CT molecular complexity index is 682. The van der Waals surface area contributed by atoms with Gasteiger partial charge in [0.05, 0.1) is 0 Å². The smallest absolute Gasteiger partial charge is 0.254 e. The third kappa shape index (κ3) is 3.17. The van der Waals surface area contributed by atoms with Crippen molar-refractivity contribution in [3.05, 3.63) is 65.7 Å². The summed E-state index contributed by atoms with van der Waals surface area (Å²) >= 11 is 0. The Kier molecular flexibility index (Phi) is 4.19. The topological polar surface area (TPSA) is 49.4 Å². The van der Waals surface area contributed by atoms with Gasteiger partial charge in [0, 0.05) is 30.8 Å². The number of hydrogen-bond acceptors (Lipinski definition) is 2. The van der Waals surface area contributed by atoms with Gasteiger partial charge in [-0.3, -0.25) is 9.59 Å². The summed E-state index contributed by atoms with van der Waals surface area (Å²) in [6.45, 7) is 1.25. The second kappa shape index (κ2) is 6.43. The Hall–Kier alpha value is -2.62. The lowest BCUT2D eigenvalue weighted by molar-refractivity contribution is -0.116. The van der Waals surface area contributed by atoms with Crippen LogP contribution in [-0.4, -0.2) is 23.3 Å². The predicted molar refractivity (Wildman–Crippen MR) is 85.5 cm³/mol. The number of para-hydroxylation sites is 1. The molecule has 2 aromatic carbocycles. The maximum atomic E-state index is 12.2. The first-order valence-electron chi connectivity index (χ1n) is 7.46. The molecule has 0 fully saturated rings. The number of benzene rings is 2. The molecular formula is C18H18N2O2. The lowest BCUT2D eigenvalue weighted by atomic mass is 10.1. The lowest BCUT2D eigenvalue weighted by Crippen LogP contribution is -2.26. The van der Waals surface area contributed by atoms with Crippen molar-refractivity contribution in [2.24, 2.45) is 0 Å². The zero-order valence-electron chi connectivity index (χ0n) is 12.3. The minimum Gasteiger partial charge on any atom is -0.334 e. The van der Waals surface area contributed by atoms with E-state index in [0.29, 0.717) is 25.9 Å². The second-order valence-electron chi connectivity index (χ2n) is 5.40. The molecule has 1 aliphatic rings. The molecule has 0 atom stereocenters. The molecule has 0 aromatic heterocycles. The minimum atomic E-state index is -0.0182. The fourth-order valence-electron chi connectivity index (χ4n) is 2.67. The average molecular weight is 294 g/mol. The van der Waals surface area contributed by atoms with Crippen molar-refractivity contribution >= 4 is 17.5 Å². The molecule has 112 valence electrons. The van der Waals surface area contributed by atoms with E-state index in [4.69, 9.17) is 0 Å². The van der Waals surface area contributed by atoms with Crippen LogP contribution in [0.2, 0.25) is 0 Å². The molecule has 2 amide bonds. The molecule has 4 heteroatoms. The molecule has 1 N–H and O–H groups in total. The van der Waals surface area contributed by atoms with Gasteiger partial charge in [0.2, 0.25) is 5.91 Å². The maximum Gasteiger partial charge on any atom is 0.254 e. The van der Waals surface area contributed by atoms with E-state index in [1.807, 2.05) is 54.6 Å². The zero-order chi connectivity index (χ0) is 15.4. The summed E-state index contributed by atoms with van der Waals surface area (Å²) in [7, 11) is 0. The molecule has 4 nitrogen and oxygen atoms in total. The number of carbonyl (C=O) groups is 2. The van der Waals surface area contributed by atoms with Gasteiger partial charge in [0.1, 0.15) is 0 Å². The van der Waals surface area contributed by atoms with Crippen LogP contribution in [0.15, 0.2) is 54.6 Å². The van der Waals surface area contributed by atoms with Crippen molar-refractivity contribution in [2.45, 2.75) is 19.4 Å². The molecule has 0 saturated heterocycles. The number of amides is 2. The van der Waals surface area contributed by atoms with E-state index in [-0.39, 0.29) is 11.8 Å². The van der Waals surface area contributed by atoms with Crippen LogP contribution in [-0.2, 0) is 11.3 Å². The van der Waals surface area contributed by atoms with Gasteiger partial charge in [-0.25, -0.2) is 0 Å². The van der Waals surface area contributed by atoms with Crippen LogP contribution in [0.5, 0.6) is 0 Å².